The van der Waals surface area contributed by atoms with Crippen molar-refractivity contribution in [2.75, 3.05) is 0 Å². The van der Waals surface area contributed by atoms with Crippen LogP contribution in [0.5, 0.6) is 0 Å². The van der Waals surface area contributed by atoms with Gasteiger partial charge in [0.25, 0.3) is 0 Å². The fourth-order valence-electron chi connectivity index (χ4n) is 2.77. The van der Waals surface area contributed by atoms with E-state index < -0.39 is 16.9 Å². The van der Waals surface area contributed by atoms with Gasteiger partial charge in [0, 0.05) is 11.5 Å². The number of allylic oxidation sites excluding steroid dienone is 1. The van der Waals surface area contributed by atoms with Crippen molar-refractivity contribution in [2.45, 2.75) is 19.9 Å². The van der Waals surface area contributed by atoms with Gasteiger partial charge in [-0.05, 0) is 18.1 Å². The van der Waals surface area contributed by atoms with Crippen LogP contribution in [0.3, 0.4) is 0 Å². The Balaban J connectivity index is 2.65. The van der Waals surface area contributed by atoms with Gasteiger partial charge in [0.1, 0.15) is 0 Å². The maximum absolute atomic E-state index is 9.47. The predicted molar refractivity (Wildman–Crippen MR) is 79.1 cm³/mol. The van der Waals surface area contributed by atoms with Gasteiger partial charge in [-0.25, -0.2) is 0 Å². The first-order chi connectivity index (χ1) is 9.44. The van der Waals surface area contributed by atoms with Crippen LogP contribution >= 0.6 is 0 Å². The highest BCUT2D eigenvalue weighted by molar-refractivity contribution is 5.62. The van der Waals surface area contributed by atoms with E-state index in [0.29, 0.717) is 0 Å². The van der Waals surface area contributed by atoms with Crippen LogP contribution in [-0.2, 0) is 0 Å². The van der Waals surface area contributed by atoms with Crippen molar-refractivity contribution in [3.63, 3.8) is 0 Å². The Morgan fingerprint density at radius 1 is 1.40 bits per heavy atom. The zero-order chi connectivity index (χ0) is 15.0. The molecule has 0 aromatic heterocycles. The van der Waals surface area contributed by atoms with Gasteiger partial charge in [0.15, 0.2) is 5.41 Å². The molecule has 2 N–H and O–H groups in total. The molecule has 100 valence electrons. The summed E-state index contributed by atoms with van der Waals surface area (Å²) in [6.07, 6.45) is 5.21. The van der Waals surface area contributed by atoms with E-state index in [9.17, 15) is 10.5 Å². The number of rotatable bonds is 2. The highest BCUT2D eigenvalue weighted by atomic mass is 14.7. The molecule has 1 aromatic carbocycles. The monoisotopic (exact) mass is 263 g/mol. The van der Waals surface area contributed by atoms with Crippen LogP contribution in [0.4, 0.5) is 0 Å². The molecule has 0 spiro atoms. The SMILES string of the molecule is C=CC(C#N)(C#N)C1(C)C=Cc2cc(C)ccc2C1N. The Hall–Kier alpha value is -2.36. The number of hydrogen-bond acceptors (Lipinski definition) is 3. The maximum atomic E-state index is 9.47. The Bertz CT molecular complexity index is 658. The van der Waals surface area contributed by atoms with E-state index in [1.807, 2.05) is 38.1 Å². The summed E-state index contributed by atoms with van der Waals surface area (Å²) in [7, 11) is 0. The summed E-state index contributed by atoms with van der Waals surface area (Å²) in [4.78, 5) is 0. The summed E-state index contributed by atoms with van der Waals surface area (Å²) in [6, 6.07) is 9.76. The molecule has 1 aromatic rings. The third-order valence-electron chi connectivity index (χ3n) is 4.34. The largest absolute Gasteiger partial charge is 0.323 e. The molecule has 0 bridgehead atoms. The molecule has 2 unspecified atom stereocenters. The second-order valence-electron chi connectivity index (χ2n) is 5.46. The van der Waals surface area contributed by atoms with Crippen LogP contribution in [-0.4, -0.2) is 0 Å². The number of hydrogen-bond donors (Lipinski definition) is 1. The van der Waals surface area contributed by atoms with Gasteiger partial charge in [-0.3, -0.25) is 0 Å². The van der Waals surface area contributed by atoms with Crippen molar-refractivity contribution in [1.82, 2.24) is 0 Å². The Morgan fingerprint density at radius 2 is 2.05 bits per heavy atom. The summed E-state index contributed by atoms with van der Waals surface area (Å²) >= 11 is 0. The molecule has 0 saturated heterocycles. The second-order valence-corrected chi connectivity index (χ2v) is 5.46. The highest BCUT2D eigenvalue weighted by Gasteiger charge is 2.51. The lowest BCUT2D eigenvalue weighted by Crippen LogP contribution is -2.44. The van der Waals surface area contributed by atoms with Crippen LogP contribution in [0, 0.1) is 40.4 Å². The van der Waals surface area contributed by atoms with Crippen molar-refractivity contribution in [3.05, 3.63) is 53.6 Å². The molecule has 2 atom stereocenters. The van der Waals surface area contributed by atoms with E-state index >= 15 is 0 Å². The molecule has 0 aliphatic heterocycles. The van der Waals surface area contributed by atoms with Crippen molar-refractivity contribution >= 4 is 6.08 Å². The minimum Gasteiger partial charge on any atom is -0.323 e. The van der Waals surface area contributed by atoms with E-state index in [2.05, 4.69) is 24.8 Å². The van der Waals surface area contributed by atoms with Gasteiger partial charge < -0.3 is 5.73 Å². The van der Waals surface area contributed by atoms with Gasteiger partial charge in [0.05, 0.1) is 12.1 Å². The molecule has 3 nitrogen and oxygen atoms in total. The highest BCUT2D eigenvalue weighted by Crippen LogP contribution is 2.51. The second kappa shape index (κ2) is 4.63. The quantitative estimate of drug-likeness (QED) is 0.832. The van der Waals surface area contributed by atoms with E-state index in [1.165, 1.54) is 6.08 Å². The van der Waals surface area contributed by atoms with Gasteiger partial charge in [-0.2, -0.15) is 10.5 Å². The molecule has 3 heteroatoms. The van der Waals surface area contributed by atoms with Gasteiger partial charge >= 0.3 is 0 Å². The first-order valence-electron chi connectivity index (χ1n) is 6.45. The topological polar surface area (TPSA) is 73.6 Å². The molecule has 2 rings (SSSR count). The summed E-state index contributed by atoms with van der Waals surface area (Å²) in [5.41, 5.74) is 7.39. The third kappa shape index (κ3) is 1.68. The number of fused-ring (bicyclic) bond motifs is 1. The van der Waals surface area contributed by atoms with Gasteiger partial charge in [-0.15, -0.1) is 6.58 Å². The van der Waals surface area contributed by atoms with Crippen LogP contribution in [0.1, 0.15) is 29.7 Å². The number of nitrogens with two attached hydrogens (primary N) is 1. The van der Waals surface area contributed by atoms with E-state index in [0.717, 1.165) is 16.7 Å². The summed E-state index contributed by atoms with van der Waals surface area (Å²) in [5, 5.41) is 18.9. The summed E-state index contributed by atoms with van der Waals surface area (Å²) < 4.78 is 0. The van der Waals surface area contributed by atoms with Crippen LogP contribution in [0.2, 0.25) is 0 Å². The Kier molecular flexibility index (Phi) is 3.26. The number of aryl methyl sites for hydroxylation is 1. The molecule has 0 heterocycles. The molecule has 0 amide bonds. The van der Waals surface area contributed by atoms with E-state index in [-0.39, 0.29) is 0 Å². The molecule has 20 heavy (non-hydrogen) atoms. The van der Waals surface area contributed by atoms with Crippen molar-refractivity contribution in [3.8, 4) is 12.1 Å². The number of nitriles is 2. The number of benzene rings is 1. The van der Waals surface area contributed by atoms with Gasteiger partial charge in [0.2, 0.25) is 0 Å². The minimum absolute atomic E-state index is 0.430. The lowest BCUT2D eigenvalue weighted by molar-refractivity contribution is 0.233. The van der Waals surface area contributed by atoms with Crippen LogP contribution in [0.15, 0.2) is 36.9 Å². The third-order valence-corrected chi connectivity index (χ3v) is 4.34. The first-order valence-corrected chi connectivity index (χ1v) is 6.45. The van der Waals surface area contributed by atoms with Crippen LogP contribution < -0.4 is 5.73 Å². The molecule has 0 saturated carbocycles. The fraction of sp³-hybridized carbons (Fsp3) is 0.294. The average Bonchev–Trinajstić information content (AvgIpc) is 2.46. The number of nitrogens with zero attached hydrogens (tertiary/aromatic N) is 2. The molecular weight excluding hydrogens is 246 g/mol. The Labute approximate surface area is 119 Å². The van der Waals surface area contributed by atoms with Crippen LogP contribution in [0.25, 0.3) is 6.08 Å². The fourth-order valence-corrected chi connectivity index (χ4v) is 2.77. The normalized spacial score (nSPS) is 24.4. The zero-order valence-corrected chi connectivity index (χ0v) is 11.7. The predicted octanol–water partition coefficient (Wildman–Crippen LogP) is 3.25. The van der Waals surface area contributed by atoms with E-state index in [4.69, 9.17) is 5.73 Å². The van der Waals surface area contributed by atoms with Gasteiger partial charge in [-0.1, -0.05) is 48.9 Å². The molecule has 1 aliphatic rings. The Morgan fingerprint density at radius 3 is 2.60 bits per heavy atom. The molecular formula is C17H17N3. The minimum atomic E-state index is -1.34. The summed E-state index contributed by atoms with van der Waals surface area (Å²) in [6.45, 7) is 7.52. The lowest BCUT2D eigenvalue weighted by Gasteiger charge is -2.43. The molecule has 0 fully saturated rings. The van der Waals surface area contributed by atoms with Crippen molar-refractivity contribution in [1.29, 1.82) is 10.5 Å². The zero-order valence-electron chi connectivity index (χ0n) is 11.7. The molecule has 1 aliphatic carbocycles. The molecule has 0 radical (unpaired) electrons. The standard InChI is InChI=1S/C17H17N3/c1-4-17(10-18,11-19)16(3)8-7-13-9-12(2)5-6-14(13)15(16)20/h4-9,15H,1,20H2,2-3H3. The first kappa shape index (κ1) is 14.1. The lowest BCUT2D eigenvalue weighted by atomic mass is 9.58. The summed E-state index contributed by atoms with van der Waals surface area (Å²) in [5.74, 6) is 0. The smallest absolute Gasteiger partial charge is 0.172 e. The van der Waals surface area contributed by atoms with Crippen molar-refractivity contribution < 1.29 is 0 Å². The maximum Gasteiger partial charge on any atom is 0.172 e. The average molecular weight is 263 g/mol. The van der Waals surface area contributed by atoms with E-state index in [1.54, 1.807) is 0 Å². The van der Waals surface area contributed by atoms with Crippen molar-refractivity contribution in [2.24, 2.45) is 16.6 Å².